The van der Waals surface area contributed by atoms with Crippen molar-refractivity contribution in [3.63, 3.8) is 0 Å². The third kappa shape index (κ3) is 4.48. The normalized spacial score (nSPS) is 19.2. The van der Waals surface area contributed by atoms with E-state index in [9.17, 15) is 5.11 Å². The third-order valence-electron chi connectivity index (χ3n) is 3.60. The Morgan fingerprint density at radius 1 is 1.37 bits per heavy atom. The van der Waals surface area contributed by atoms with E-state index in [0.717, 1.165) is 44.0 Å². The molecule has 1 fully saturated rings. The van der Waals surface area contributed by atoms with E-state index >= 15 is 0 Å². The second-order valence-corrected chi connectivity index (χ2v) is 5.49. The first-order valence-corrected chi connectivity index (χ1v) is 7.38. The quantitative estimate of drug-likeness (QED) is 0.824. The minimum absolute atomic E-state index is 0.267. The number of aliphatic hydroxyl groups is 1. The van der Waals surface area contributed by atoms with E-state index in [1.165, 1.54) is 5.56 Å². The molecule has 0 spiro atoms. The van der Waals surface area contributed by atoms with Crippen LogP contribution in [-0.4, -0.2) is 41.4 Å². The molecule has 0 bridgehead atoms. The van der Waals surface area contributed by atoms with E-state index in [2.05, 4.69) is 34.5 Å². The molecule has 1 heterocycles. The highest BCUT2D eigenvalue weighted by Gasteiger charge is 2.20. The number of likely N-dealkylation sites (tertiary alicyclic amines) is 1. The van der Waals surface area contributed by atoms with Crippen molar-refractivity contribution in [3.05, 3.63) is 35.9 Å². The summed E-state index contributed by atoms with van der Waals surface area (Å²) in [6.45, 7) is 3.02. The second-order valence-electron chi connectivity index (χ2n) is 5.10. The molecule has 1 atom stereocenters. The SMILES string of the molecule is OC[C@H]1CCCN(C(=S)NCCc2ccccc2)C1. The Morgan fingerprint density at radius 2 is 2.16 bits per heavy atom. The Balaban J connectivity index is 1.72. The van der Waals surface area contributed by atoms with Gasteiger partial charge in [0.25, 0.3) is 0 Å². The first kappa shape index (κ1) is 14.3. The Hall–Kier alpha value is -1.13. The molecule has 104 valence electrons. The number of hydrogen-bond acceptors (Lipinski definition) is 2. The average molecular weight is 278 g/mol. The van der Waals surface area contributed by atoms with E-state index in [4.69, 9.17) is 12.2 Å². The van der Waals surface area contributed by atoms with Crippen molar-refractivity contribution in [2.45, 2.75) is 19.3 Å². The molecular formula is C15H22N2OS. The van der Waals surface area contributed by atoms with Crippen LogP contribution >= 0.6 is 12.2 Å². The van der Waals surface area contributed by atoms with Gasteiger partial charge in [0, 0.05) is 26.2 Å². The average Bonchev–Trinajstić information content (AvgIpc) is 2.48. The number of piperidine rings is 1. The largest absolute Gasteiger partial charge is 0.396 e. The van der Waals surface area contributed by atoms with Gasteiger partial charge in [-0.15, -0.1) is 0 Å². The van der Waals surface area contributed by atoms with Gasteiger partial charge in [0.2, 0.25) is 0 Å². The van der Waals surface area contributed by atoms with E-state index in [-0.39, 0.29) is 6.61 Å². The highest BCUT2D eigenvalue weighted by molar-refractivity contribution is 7.80. The standard InChI is InChI=1S/C15H22N2OS/c18-12-14-7-4-10-17(11-14)15(19)16-9-8-13-5-2-1-3-6-13/h1-3,5-6,14,18H,4,7-12H2,(H,16,19)/t14-/m0/s1. The minimum Gasteiger partial charge on any atom is -0.396 e. The van der Waals surface area contributed by atoms with Crippen LogP contribution in [0.5, 0.6) is 0 Å². The maximum atomic E-state index is 9.22. The van der Waals surface area contributed by atoms with Gasteiger partial charge in [-0.25, -0.2) is 0 Å². The molecule has 0 saturated carbocycles. The molecule has 1 aromatic rings. The molecule has 1 aliphatic heterocycles. The Morgan fingerprint density at radius 3 is 2.89 bits per heavy atom. The molecule has 1 aliphatic rings. The van der Waals surface area contributed by atoms with Gasteiger partial charge in [-0.05, 0) is 43.0 Å². The first-order chi connectivity index (χ1) is 9.29. The molecule has 0 amide bonds. The molecule has 0 aliphatic carbocycles. The Bertz CT molecular complexity index is 396. The highest BCUT2D eigenvalue weighted by Crippen LogP contribution is 2.15. The number of hydrogen-bond donors (Lipinski definition) is 2. The van der Waals surface area contributed by atoms with Gasteiger partial charge in [0.15, 0.2) is 5.11 Å². The summed E-state index contributed by atoms with van der Waals surface area (Å²) in [7, 11) is 0. The van der Waals surface area contributed by atoms with Crippen molar-refractivity contribution in [3.8, 4) is 0 Å². The van der Waals surface area contributed by atoms with Crippen LogP contribution in [-0.2, 0) is 6.42 Å². The zero-order chi connectivity index (χ0) is 13.5. The molecule has 1 saturated heterocycles. The summed E-state index contributed by atoms with van der Waals surface area (Å²) < 4.78 is 0. The van der Waals surface area contributed by atoms with Crippen LogP contribution in [0.1, 0.15) is 18.4 Å². The monoisotopic (exact) mass is 278 g/mol. The van der Waals surface area contributed by atoms with Crippen LogP contribution in [0.25, 0.3) is 0 Å². The second kappa shape index (κ2) is 7.46. The highest BCUT2D eigenvalue weighted by atomic mass is 32.1. The fourth-order valence-corrected chi connectivity index (χ4v) is 2.74. The fraction of sp³-hybridized carbons (Fsp3) is 0.533. The molecule has 0 radical (unpaired) electrons. The number of nitrogens with one attached hydrogen (secondary N) is 1. The number of nitrogens with zero attached hydrogens (tertiary/aromatic N) is 1. The van der Waals surface area contributed by atoms with E-state index in [1.54, 1.807) is 0 Å². The lowest BCUT2D eigenvalue weighted by molar-refractivity contribution is 0.160. The summed E-state index contributed by atoms with van der Waals surface area (Å²) in [5, 5.41) is 13.4. The van der Waals surface area contributed by atoms with Crippen LogP contribution in [0.15, 0.2) is 30.3 Å². The first-order valence-electron chi connectivity index (χ1n) is 6.97. The Labute approximate surface area is 120 Å². The fourth-order valence-electron chi connectivity index (χ4n) is 2.47. The van der Waals surface area contributed by atoms with Crippen molar-refractivity contribution < 1.29 is 5.11 Å². The number of rotatable bonds is 4. The van der Waals surface area contributed by atoms with E-state index < -0.39 is 0 Å². The third-order valence-corrected chi connectivity index (χ3v) is 4.00. The summed E-state index contributed by atoms with van der Waals surface area (Å²) in [6, 6.07) is 10.4. The molecule has 0 unspecified atom stereocenters. The van der Waals surface area contributed by atoms with Crippen LogP contribution in [0.2, 0.25) is 0 Å². The van der Waals surface area contributed by atoms with Gasteiger partial charge in [-0.2, -0.15) is 0 Å². The van der Waals surface area contributed by atoms with Crippen molar-refractivity contribution in [1.29, 1.82) is 0 Å². The van der Waals surface area contributed by atoms with Crippen molar-refractivity contribution in [2.24, 2.45) is 5.92 Å². The van der Waals surface area contributed by atoms with Crippen LogP contribution < -0.4 is 5.32 Å². The van der Waals surface area contributed by atoms with Crippen molar-refractivity contribution in [2.75, 3.05) is 26.2 Å². The molecule has 2 rings (SSSR count). The lowest BCUT2D eigenvalue weighted by atomic mass is 9.99. The van der Waals surface area contributed by atoms with Crippen molar-refractivity contribution in [1.82, 2.24) is 10.2 Å². The van der Waals surface area contributed by atoms with Gasteiger partial charge in [-0.1, -0.05) is 30.3 Å². The zero-order valence-electron chi connectivity index (χ0n) is 11.2. The van der Waals surface area contributed by atoms with Gasteiger partial charge in [0.1, 0.15) is 0 Å². The molecule has 19 heavy (non-hydrogen) atoms. The maximum absolute atomic E-state index is 9.22. The topological polar surface area (TPSA) is 35.5 Å². The van der Waals surface area contributed by atoms with Gasteiger partial charge in [0.05, 0.1) is 0 Å². The van der Waals surface area contributed by atoms with Crippen LogP contribution in [0, 0.1) is 5.92 Å². The molecule has 2 N–H and O–H groups in total. The number of aliphatic hydroxyl groups excluding tert-OH is 1. The Kier molecular flexibility index (Phi) is 5.61. The summed E-state index contributed by atoms with van der Waals surface area (Å²) in [4.78, 5) is 2.19. The zero-order valence-corrected chi connectivity index (χ0v) is 12.0. The van der Waals surface area contributed by atoms with Crippen molar-refractivity contribution >= 4 is 17.3 Å². The number of benzene rings is 1. The number of thiocarbonyl (C=S) groups is 1. The van der Waals surface area contributed by atoms with Crippen LogP contribution in [0.3, 0.4) is 0 Å². The smallest absolute Gasteiger partial charge is 0.168 e. The summed E-state index contributed by atoms with van der Waals surface area (Å²) in [5.74, 6) is 0.377. The molecular weight excluding hydrogens is 256 g/mol. The molecule has 4 heteroatoms. The van der Waals surface area contributed by atoms with Gasteiger partial charge in [-0.3, -0.25) is 0 Å². The van der Waals surface area contributed by atoms with Crippen LogP contribution in [0.4, 0.5) is 0 Å². The summed E-state index contributed by atoms with van der Waals surface area (Å²) in [6.07, 6.45) is 3.21. The summed E-state index contributed by atoms with van der Waals surface area (Å²) >= 11 is 5.42. The summed E-state index contributed by atoms with van der Waals surface area (Å²) in [5.41, 5.74) is 1.32. The lowest BCUT2D eigenvalue weighted by Gasteiger charge is -2.33. The van der Waals surface area contributed by atoms with Gasteiger partial charge < -0.3 is 15.3 Å². The van der Waals surface area contributed by atoms with Gasteiger partial charge >= 0.3 is 0 Å². The maximum Gasteiger partial charge on any atom is 0.168 e. The molecule has 1 aromatic carbocycles. The molecule has 3 nitrogen and oxygen atoms in total. The van der Waals surface area contributed by atoms with E-state index in [0.29, 0.717) is 5.92 Å². The predicted molar refractivity (Wildman–Crippen MR) is 82.1 cm³/mol. The lowest BCUT2D eigenvalue weighted by Crippen LogP contribution is -2.46. The predicted octanol–water partition coefficient (Wildman–Crippen LogP) is 1.81. The molecule has 0 aromatic heterocycles. The minimum atomic E-state index is 0.267. The van der Waals surface area contributed by atoms with E-state index in [1.807, 2.05) is 6.07 Å².